The van der Waals surface area contributed by atoms with Crippen LogP contribution in [0.1, 0.15) is 29.4 Å². The summed E-state index contributed by atoms with van der Waals surface area (Å²) in [7, 11) is 1.44. The van der Waals surface area contributed by atoms with Gasteiger partial charge in [-0.1, -0.05) is 37.3 Å². The van der Waals surface area contributed by atoms with Gasteiger partial charge in [0.05, 0.1) is 36.1 Å². The number of carbonyl (C=O) groups is 1. The van der Waals surface area contributed by atoms with Crippen molar-refractivity contribution in [3.05, 3.63) is 53.5 Å². The highest BCUT2D eigenvalue weighted by Crippen LogP contribution is 2.39. The summed E-state index contributed by atoms with van der Waals surface area (Å²) >= 11 is 0. The second-order valence-electron chi connectivity index (χ2n) is 6.60. The van der Waals surface area contributed by atoms with E-state index in [2.05, 4.69) is 0 Å². The van der Waals surface area contributed by atoms with Gasteiger partial charge in [-0.2, -0.15) is 0 Å². The Balaban J connectivity index is 1.97. The van der Waals surface area contributed by atoms with Crippen LogP contribution in [0.25, 0.3) is 22.0 Å². The Bertz CT molecular complexity index is 1060. The number of carbonyl (C=O) groups excluding carboxylic acids is 1. The Morgan fingerprint density at radius 3 is 2.70 bits per heavy atom. The van der Waals surface area contributed by atoms with Crippen LogP contribution in [-0.4, -0.2) is 29.4 Å². The summed E-state index contributed by atoms with van der Waals surface area (Å²) in [5.74, 6) is -0.354. The molecule has 5 nitrogen and oxygen atoms in total. The molecule has 2 N–H and O–H groups in total. The minimum atomic E-state index is -0.439. The first kappa shape index (κ1) is 17.3. The van der Waals surface area contributed by atoms with Crippen LogP contribution in [0.4, 0.5) is 10.1 Å². The number of methoxy groups -OCH3 is 1. The molecule has 0 fully saturated rings. The van der Waals surface area contributed by atoms with Gasteiger partial charge in [0.25, 0.3) is 5.91 Å². The molecule has 2 heterocycles. The van der Waals surface area contributed by atoms with Gasteiger partial charge in [-0.15, -0.1) is 0 Å². The number of ether oxygens (including phenoxy) is 1. The molecule has 2 aromatic carbocycles. The Kier molecular flexibility index (Phi) is 4.18. The smallest absolute Gasteiger partial charge is 0.258 e. The molecule has 0 spiro atoms. The zero-order chi connectivity index (χ0) is 19.1. The highest BCUT2D eigenvalue weighted by atomic mass is 19.1. The molecule has 4 rings (SSSR count). The number of nitrogens with two attached hydrogens (primary N) is 1. The fraction of sp³-hybridized carbons (Fsp3) is 0.238. The third-order valence-electron chi connectivity index (χ3n) is 4.93. The van der Waals surface area contributed by atoms with Gasteiger partial charge in [0, 0.05) is 23.1 Å². The van der Waals surface area contributed by atoms with Crippen molar-refractivity contribution >= 4 is 22.5 Å². The first-order chi connectivity index (χ1) is 13.1. The van der Waals surface area contributed by atoms with Crippen molar-refractivity contribution in [2.45, 2.75) is 19.9 Å². The van der Waals surface area contributed by atoms with E-state index in [1.54, 1.807) is 17.0 Å². The van der Waals surface area contributed by atoms with Crippen LogP contribution in [0.15, 0.2) is 36.4 Å². The van der Waals surface area contributed by atoms with E-state index in [9.17, 15) is 9.18 Å². The van der Waals surface area contributed by atoms with Crippen LogP contribution in [-0.2, 0) is 6.54 Å². The second-order valence-corrected chi connectivity index (χ2v) is 6.60. The number of rotatable bonds is 4. The maximum Gasteiger partial charge on any atom is 0.258 e. The Morgan fingerprint density at radius 2 is 1.96 bits per heavy atom. The van der Waals surface area contributed by atoms with Crippen LogP contribution < -0.4 is 10.5 Å². The van der Waals surface area contributed by atoms with Crippen molar-refractivity contribution in [3.8, 4) is 16.9 Å². The molecule has 1 aliphatic rings. The fourth-order valence-electron chi connectivity index (χ4n) is 3.72. The van der Waals surface area contributed by atoms with Gasteiger partial charge in [-0.05, 0) is 12.5 Å². The maximum absolute atomic E-state index is 14.2. The number of anilines is 1. The molecule has 1 aromatic heterocycles. The largest absolute Gasteiger partial charge is 0.493 e. The number of benzene rings is 2. The van der Waals surface area contributed by atoms with E-state index < -0.39 is 5.82 Å². The van der Waals surface area contributed by atoms with E-state index in [0.29, 0.717) is 46.5 Å². The number of hydrogen-bond donors (Lipinski definition) is 1. The van der Waals surface area contributed by atoms with Gasteiger partial charge in [0.15, 0.2) is 11.6 Å². The summed E-state index contributed by atoms with van der Waals surface area (Å²) < 4.78 is 19.5. The average molecular weight is 365 g/mol. The van der Waals surface area contributed by atoms with Gasteiger partial charge < -0.3 is 15.4 Å². The summed E-state index contributed by atoms with van der Waals surface area (Å²) in [4.78, 5) is 19.2. The number of nitrogen functional groups attached to an aromatic ring is 1. The summed E-state index contributed by atoms with van der Waals surface area (Å²) in [5, 5.41) is 0.685. The quantitative estimate of drug-likeness (QED) is 0.759. The second kappa shape index (κ2) is 6.54. The topological polar surface area (TPSA) is 68.5 Å². The molecule has 0 saturated heterocycles. The lowest BCUT2D eigenvalue weighted by atomic mass is 9.98. The minimum Gasteiger partial charge on any atom is -0.493 e. The monoisotopic (exact) mass is 365 g/mol. The Morgan fingerprint density at radius 1 is 1.22 bits per heavy atom. The lowest BCUT2D eigenvalue weighted by Crippen LogP contribution is -2.24. The van der Waals surface area contributed by atoms with Crippen molar-refractivity contribution in [2.75, 3.05) is 19.4 Å². The fourth-order valence-corrected chi connectivity index (χ4v) is 3.72. The molecule has 138 valence electrons. The predicted molar refractivity (Wildman–Crippen MR) is 103 cm³/mol. The number of aromatic nitrogens is 1. The number of amides is 1. The number of nitrogens with zero attached hydrogens (tertiary/aromatic N) is 2. The minimum absolute atomic E-state index is 0.0764. The first-order valence-corrected chi connectivity index (χ1v) is 8.90. The number of hydrogen-bond acceptors (Lipinski definition) is 4. The number of pyridine rings is 1. The molecule has 0 bridgehead atoms. The molecule has 1 aliphatic heterocycles. The van der Waals surface area contributed by atoms with Crippen molar-refractivity contribution in [2.24, 2.45) is 0 Å². The van der Waals surface area contributed by atoms with E-state index in [1.165, 1.54) is 13.2 Å². The van der Waals surface area contributed by atoms with Gasteiger partial charge in [-0.3, -0.25) is 4.79 Å². The van der Waals surface area contributed by atoms with Crippen LogP contribution in [0, 0.1) is 5.82 Å². The summed E-state index contributed by atoms with van der Waals surface area (Å²) in [5.41, 5.74) is 9.92. The van der Waals surface area contributed by atoms with E-state index >= 15 is 0 Å². The molecule has 0 aliphatic carbocycles. The highest BCUT2D eigenvalue weighted by Gasteiger charge is 2.32. The molecule has 0 saturated carbocycles. The molecular formula is C21H20FN3O2. The van der Waals surface area contributed by atoms with E-state index in [0.717, 1.165) is 12.0 Å². The van der Waals surface area contributed by atoms with Gasteiger partial charge in [0.2, 0.25) is 0 Å². The number of para-hydroxylation sites is 2. The van der Waals surface area contributed by atoms with Crippen molar-refractivity contribution in [1.29, 1.82) is 0 Å². The predicted octanol–water partition coefficient (Wildman–Crippen LogP) is 4.00. The molecule has 3 aromatic rings. The van der Waals surface area contributed by atoms with Crippen molar-refractivity contribution in [1.82, 2.24) is 9.88 Å². The zero-order valence-corrected chi connectivity index (χ0v) is 15.3. The van der Waals surface area contributed by atoms with Gasteiger partial charge >= 0.3 is 0 Å². The van der Waals surface area contributed by atoms with Gasteiger partial charge in [-0.25, -0.2) is 9.37 Å². The zero-order valence-electron chi connectivity index (χ0n) is 15.3. The summed E-state index contributed by atoms with van der Waals surface area (Å²) in [6.07, 6.45) is 0.866. The molecule has 6 heteroatoms. The molecular weight excluding hydrogens is 345 g/mol. The number of halogens is 1. The maximum atomic E-state index is 14.2. The SMILES string of the molecule is CCCN1Cc2nc3c(-c4cccc(F)c4OC)cccc3c(N)c2C1=O. The molecule has 1 amide bonds. The highest BCUT2D eigenvalue weighted by molar-refractivity contribution is 6.11. The van der Waals surface area contributed by atoms with Crippen LogP contribution >= 0.6 is 0 Å². The van der Waals surface area contributed by atoms with Crippen LogP contribution in [0.2, 0.25) is 0 Å². The lowest BCUT2D eigenvalue weighted by Gasteiger charge is -2.13. The lowest BCUT2D eigenvalue weighted by molar-refractivity contribution is 0.0779. The Labute approximate surface area is 156 Å². The third-order valence-corrected chi connectivity index (χ3v) is 4.93. The van der Waals surface area contributed by atoms with Crippen LogP contribution in [0.3, 0.4) is 0 Å². The normalized spacial score (nSPS) is 13.3. The standard InChI is InChI=1S/C21H20FN3O2/c1-3-10-25-11-16-17(21(25)26)18(23)14-8-4-6-12(19(14)24-16)13-7-5-9-15(22)20(13)27-2/h4-9H,3,10-11H2,1-2H3,(H2,23,24). The summed E-state index contributed by atoms with van der Waals surface area (Å²) in [6.45, 7) is 3.13. The van der Waals surface area contributed by atoms with Crippen LogP contribution in [0.5, 0.6) is 5.75 Å². The average Bonchev–Trinajstić information content (AvgIpc) is 2.97. The third kappa shape index (κ3) is 2.60. The van der Waals surface area contributed by atoms with Crippen molar-refractivity contribution < 1.29 is 13.9 Å². The van der Waals surface area contributed by atoms with E-state index in [4.69, 9.17) is 15.5 Å². The van der Waals surface area contributed by atoms with E-state index in [1.807, 2.05) is 25.1 Å². The van der Waals surface area contributed by atoms with E-state index in [-0.39, 0.29) is 11.7 Å². The number of fused-ring (bicyclic) bond motifs is 2. The Hall–Kier alpha value is -3.15. The molecule has 27 heavy (non-hydrogen) atoms. The van der Waals surface area contributed by atoms with Crippen molar-refractivity contribution in [3.63, 3.8) is 0 Å². The first-order valence-electron chi connectivity index (χ1n) is 8.90. The summed E-state index contributed by atoms with van der Waals surface area (Å²) in [6, 6.07) is 10.3. The molecule has 0 atom stereocenters. The molecule has 0 radical (unpaired) electrons. The molecule has 0 unspecified atom stereocenters. The van der Waals surface area contributed by atoms with Gasteiger partial charge in [0.1, 0.15) is 0 Å².